The Balaban J connectivity index is 1.87. The molecular weight excluding hydrogens is 308 g/mol. The minimum atomic E-state index is -0.881. The van der Waals surface area contributed by atoms with Crippen molar-refractivity contribution in [3.8, 4) is 5.75 Å². The number of carbonyl (C=O) groups is 3. The summed E-state index contributed by atoms with van der Waals surface area (Å²) in [7, 11) is 0. The highest BCUT2D eigenvalue weighted by Crippen LogP contribution is 2.30. The maximum Gasteiger partial charge on any atom is 0.303 e. The maximum atomic E-state index is 12.6. The molecule has 1 aliphatic carbocycles. The Morgan fingerprint density at radius 1 is 1.00 bits per heavy atom. The summed E-state index contributed by atoms with van der Waals surface area (Å²) in [6.07, 6.45) is 0.0692. The molecule has 0 spiro atoms. The Morgan fingerprint density at radius 3 is 2.21 bits per heavy atom. The van der Waals surface area contributed by atoms with E-state index in [-0.39, 0.29) is 24.1 Å². The third kappa shape index (κ3) is 2.93. The molecule has 5 nitrogen and oxygen atoms in total. The molecule has 5 heteroatoms. The second-order valence-electron chi connectivity index (χ2n) is 5.77. The van der Waals surface area contributed by atoms with Gasteiger partial charge in [0.15, 0.2) is 11.6 Å². The van der Waals surface area contributed by atoms with E-state index in [9.17, 15) is 14.4 Å². The highest BCUT2D eigenvalue weighted by Gasteiger charge is 2.29. The molecule has 1 N–H and O–H groups in total. The SMILES string of the molecule is CC(CCC(=O)O)Oc1ccc2c(c1)C(=O)c1ccccc1C2=O. The first kappa shape index (κ1) is 15.9. The number of hydrogen-bond acceptors (Lipinski definition) is 4. The van der Waals surface area contributed by atoms with Crippen molar-refractivity contribution in [2.75, 3.05) is 0 Å². The maximum absolute atomic E-state index is 12.6. The van der Waals surface area contributed by atoms with Gasteiger partial charge in [0.1, 0.15) is 5.75 Å². The van der Waals surface area contributed by atoms with Crippen molar-refractivity contribution >= 4 is 17.5 Å². The number of fused-ring (bicyclic) bond motifs is 2. The predicted molar refractivity (Wildman–Crippen MR) is 86.7 cm³/mol. The molecular formula is C19H16O5. The fourth-order valence-corrected chi connectivity index (χ4v) is 2.77. The third-order valence-electron chi connectivity index (χ3n) is 4.00. The summed E-state index contributed by atoms with van der Waals surface area (Å²) in [6, 6.07) is 11.5. The zero-order valence-electron chi connectivity index (χ0n) is 13.1. The molecule has 0 aliphatic heterocycles. The predicted octanol–water partition coefficient (Wildman–Crippen LogP) is 3.09. The third-order valence-corrected chi connectivity index (χ3v) is 4.00. The zero-order chi connectivity index (χ0) is 17.3. The van der Waals surface area contributed by atoms with Crippen LogP contribution < -0.4 is 4.74 Å². The van der Waals surface area contributed by atoms with E-state index in [4.69, 9.17) is 9.84 Å². The highest BCUT2D eigenvalue weighted by atomic mass is 16.5. The lowest BCUT2D eigenvalue weighted by atomic mass is 9.84. The lowest BCUT2D eigenvalue weighted by molar-refractivity contribution is -0.137. The molecule has 0 aromatic heterocycles. The van der Waals surface area contributed by atoms with Crippen molar-refractivity contribution in [2.45, 2.75) is 25.9 Å². The number of aliphatic carboxylic acids is 1. The van der Waals surface area contributed by atoms with E-state index >= 15 is 0 Å². The van der Waals surface area contributed by atoms with Crippen LogP contribution in [0.4, 0.5) is 0 Å². The number of carbonyl (C=O) groups excluding carboxylic acids is 2. The van der Waals surface area contributed by atoms with Crippen LogP contribution in [0.5, 0.6) is 5.75 Å². The van der Waals surface area contributed by atoms with Gasteiger partial charge in [-0.15, -0.1) is 0 Å². The number of carboxylic acids is 1. The summed E-state index contributed by atoms with van der Waals surface area (Å²) < 4.78 is 5.68. The van der Waals surface area contributed by atoms with E-state index in [1.54, 1.807) is 49.4 Å². The van der Waals surface area contributed by atoms with E-state index in [0.29, 0.717) is 34.4 Å². The molecule has 2 aromatic carbocycles. The molecule has 1 aliphatic rings. The lowest BCUT2D eigenvalue weighted by Gasteiger charge is -2.19. The topological polar surface area (TPSA) is 80.7 Å². The van der Waals surface area contributed by atoms with E-state index in [1.165, 1.54) is 0 Å². The Kier molecular flexibility index (Phi) is 4.16. The van der Waals surface area contributed by atoms with Gasteiger partial charge in [0.05, 0.1) is 6.10 Å². The number of ether oxygens (including phenoxy) is 1. The minimum Gasteiger partial charge on any atom is -0.491 e. The Labute approximate surface area is 138 Å². The summed E-state index contributed by atoms with van der Waals surface area (Å²) >= 11 is 0. The first-order chi connectivity index (χ1) is 11.5. The quantitative estimate of drug-likeness (QED) is 0.780. The second kappa shape index (κ2) is 6.28. The van der Waals surface area contributed by atoms with Gasteiger partial charge in [-0.05, 0) is 31.5 Å². The average Bonchev–Trinajstić information content (AvgIpc) is 2.58. The van der Waals surface area contributed by atoms with Gasteiger partial charge in [-0.2, -0.15) is 0 Å². The monoisotopic (exact) mass is 324 g/mol. The van der Waals surface area contributed by atoms with Crippen molar-refractivity contribution in [2.24, 2.45) is 0 Å². The van der Waals surface area contributed by atoms with Gasteiger partial charge >= 0.3 is 5.97 Å². The fraction of sp³-hybridized carbons (Fsp3) is 0.211. The van der Waals surface area contributed by atoms with Gasteiger partial charge < -0.3 is 9.84 Å². The first-order valence-electron chi connectivity index (χ1n) is 7.68. The normalized spacial score (nSPS) is 13.9. The van der Waals surface area contributed by atoms with Crippen molar-refractivity contribution in [3.05, 3.63) is 64.7 Å². The molecule has 1 unspecified atom stereocenters. The molecule has 0 bridgehead atoms. The van der Waals surface area contributed by atoms with Crippen LogP contribution in [0.2, 0.25) is 0 Å². The van der Waals surface area contributed by atoms with Crippen LogP contribution >= 0.6 is 0 Å². The number of hydrogen-bond donors (Lipinski definition) is 1. The van der Waals surface area contributed by atoms with Crippen LogP contribution in [0.15, 0.2) is 42.5 Å². The zero-order valence-corrected chi connectivity index (χ0v) is 13.1. The molecule has 0 saturated carbocycles. The summed E-state index contributed by atoms with van der Waals surface area (Å²) in [5, 5.41) is 8.71. The molecule has 0 heterocycles. The highest BCUT2D eigenvalue weighted by molar-refractivity contribution is 6.28. The Hall–Kier alpha value is -2.95. The van der Waals surface area contributed by atoms with Crippen LogP contribution in [0.3, 0.4) is 0 Å². The van der Waals surface area contributed by atoms with Crippen molar-refractivity contribution < 1.29 is 24.2 Å². The fourth-order valence-electron chi connectivity index (χ4n) is 2.77. The molecule has 122 valence electrons. The molecule has 0 saturated heterocycles. The number of ketones is 2. The lowest BCUT2D eigenvalue weighted by Crippen LogP contribution is -2.21. The van der Waals surface area contributed by atoms with Gasteiger partial charge in [0.2, 0.25) is 0 Å². The molecule has 1 atom stereocenters. The summed E-state index contributed by atoms with van der Waals surface area (Å²) in [4.78, 5) is 35.7. The summed E-state index contributed by atoms with van der Waals surface area (Å²) in [6.45, 7) is 1.77. The smallest absolute Gasteiger partial charge is 0.303 e. The number of benzene rings is 2. The van der Waals surface area contributed by atoms with Crippen LogP contribution in [-0.4, -0.2) is 28.7 Å². The van der Waals surface area contributed by atoms with Crippen molar-refractivity contribution in [3.63, 3.8) is 0 Å². The molecule has 0 fully saturated rings. The number of rotatable bonds is 5. The second-order valence-corrected chi connectivity index (χ2v) is 5.77. The van der Waals surface area contributed by atoms with Crippen molar-refractivity contribution in [1.29, 1.82) is 0 Å². The summed E-state index contributed by atoms with van der Waals surface area (Å²) in [5.74, 6) is -0.810. The van der Waals surface area contributed by atoms with E-state index < -0.39 is 5.97 Å². The molecule has 2 aromatic rings. The van der Waals surface area contributed by atoms with Crippen LogP contribution in [-0.2, 0) is 4.79 Å². The summed E-state index contributed by atoms with van der Waals surface area (Å²) in [5.41, 5.74) is 1.50. The standard InChI is InChI=1S/C19H16O5/c1-11(6-9-17(20)21)24-12-7-8-15-16(10-12)19(23)14-5-3-2-4-13(14)18(15)22/h2-5,7-8,10-11H,6,9H2,1H3,(H,20,21). The number of carboxylic acid groups (broad SMARTS) is 1. The van der Waals surface area contributed by atoms with Crippen LogP contribution in [0.1, 0.15) is 51.6 Å². The van der Waals surface area contributed by atoms with Gasteiger partial charge in [0, 0.05) is 28.7 Å². The molecule has 0 amide bonds. The Bertz CT molecular complexity index is 837. The van der Waals surface area contributed by atoms with E-state index in [1.807, 2.05) is 0 Å². The minimum absolute atomic E-state index is 0.0108. The molecule has 0 radical (unpaired) electrons. The van der Waals surface area contributed by atoms with Gasteiger partial charge in [-0.3, -0.25) is 14.4 Å². The Morgan fingerprint density at radius 2 is 1.58 bits per heavy atom. The molecule has 3 rings (SSSR count). The van der Waals surface area contributed by atoms with Gasteiger partial charge in [-0.25, -0.2) is 0 Å². The van der Waals surface area contributed by atoms with E-state index in [2.05, 4.69) is 0 Å². The van der Waals surface area contributed by atoms with Crippen LogP contribution in [0.25, 0.3) is 0 Å². The largest absolute Gasteiger partial charge is 0.491 e. The van der Waals surface area contributed by atoms with Crippen molar-refractivity contribution in [1.82, 2.24) is 0 Å². The molecule has 24 heavy (non-hydrogen) atoms. The van der Waals surface area contributed by atoms with E-state index in [0.717, 1.165) is 0 Å². The first-order valence-corrected chi connectivity index (χ1v) is 7.68. The van der Waals surface area contributed by atoms with Gasteiger partial charge in [0.25, 0.3) is 0 Å². The van der Waals surface area contributed by atoms with Crippen LogP contribution in [0, 0.1) is 0 Å². The van der Waals surface area contributed by atoms with Gasteiger partial charge in [-0.1, -0.05) is 24.3 Å². The average molecular weight is 324 g/mol.